The second-order valence-electron chi connectivity index (χ2n) is 8.71. The van der Waals surface area contributed by atoms with Crippen molar-refractivity contribution in [3.05, 3.63) is 53.6 Å². The van der Waals surface area contributed by atoms with Gasteiger partial charge in [0.25, 0.3) is 0 Å². The Labute approximate surface area is 188 Å². The van der Waals surface area contributed by atoms with E-state index < -0.39 is 0 Å². The van der Waals surface area contributed by atoms with Crippen molar-refractivity contribution in [3.63, 3.8) is 0 Å². The van der Waals surface area contributed by atoms with E-state index in [9.17, 15) is 0 Å². The summed E-state index contributed by atoms with van der Waals surface area (Å²) in [5.41, 5.74) is 2.95. The Morgan fingerprint density at radius 2 is 1.41 bits per heavy atom. The number of hydrogen-bond acceptors (Lipinski definition) is 8. The molecule has 8 nitrogen and oxygen atoms in total. The second-order valence-corrected chi connectivity index (χ2v) is 8.71. The Hall–Kier alpha value is -2.94. The lowest BCUT2D eigenvalue weighted by molar-refractivity contribution is -0.149. The maximum absolute atomic E-state index is 5.46. The highest BCUT2D eigenvalue weighted by molar-refractivity contribution is 6.05. The molecule has 4 fully saturated rings. The fourth-order valence-electron chi connectivity index (χ4n) is 5.34. The summed E-state index contributed by atoms with van der Waals surface area (Å²) < 4.78 is 16.3. The Morgan fingerprint density at radius 1 is 0.844 bits per heavy atom. The molecule has 4 aliphatic heterocycles. The maximum Gasteiger partial charge on any atom is 0.203 e. The van der Waals surface area contributed by atoms with Crippen molar-refractivity contribution in [1.82, 2.24) is 14.7 Å². The van der Waals surface area contributed by atoms with Crippen LogP contribution in [0, 0.1) is 5.41 Å². The minimum absolute atomic E-state index is 0.0528. The molecule has 4 aliphatic rings. The van der Waals surface area contributed by atoms with Crippen molar-refractivity contribution in [2.75, 3.05) is 61.0 Å². The molecule has 0 unspecified atom stereocenters. The molecule has 0 atom stereocenters. The SMILES string of the molecule is COc1cc(/C=N/N=C(/c2ccccc2)C23CN4CN(CN(C4)C2)C3)cc(OC)c1OC. The molecule has 0 radical (unpaired) electrons. The summed E-state index contributed by atoms with van der Waals surface area (Å²) in [5.74, 6) is 1.75. The predicted molar refractivity (Wildman–Crippen MR) is 124 cm³/mol. The van der Waals surface area contributed by atoms with Crippen molar-refractivity contribution >= 4 is 11.9 Å². The summed E-state index contributed by atoms with van der Waals surface area (Å²) in [4.78, 5) is 7.49. The second kappa shape index (κ2) is 8.54. The molecular formula is C24H29N5O3. The summed E-state index contributed by atoms with van der Waals surface area (Å²) in [5, 5.41) is 9.36. The van der Waals surface area contributed by atoms with Gasteiger partial charge in [0, 0.05) is 25.2 Å². The van der Waals surface area contributed by atoms with Crippen molar-refractivity contribution in [2.45, 2.75) is 0 Å². The maximum atomic E-state index is 5.46. The Morgan fingerprint density at radius 3 is 1.91 bits per heavy atom. The minimum Gasteiger partial charge on any atom is -0.493 e. The highest BCUT2D eigenvalue weighted by Crippen LogP contribution is 2.39. The van der Waals surface area contributed by atoms with E-state index in [0.29, 0.717) is 17.2 Å². The van der Waals surface area contributed by atoms with Crippen LogP contribution in [-0.4, -0.2) is 87.6 Å². The molecule has 0 aromatic heterocycles. The quantitative estimate of drug-likeness (QED) is 0.492. The Kier molecular flexibility index (Phi) is 5.58. The molecule has 168 valence electrons. The largest absolute Gasteiger partial charge is 0.493 e. The summed E-state index contributed by atoms with van der Waals surface area (Å²) in [6.07, 6.45) is 1.74. The van der Waals surface area contributed by atoms with Crippen molar-refractivity contribution in [3.8, 4) is 17.2 Å². The lowest BCUT2D eigenvalue weighted by atomic mass is 9.74. The van der Waals surface area contributed by atoms with Crippen molar-refractivity contribution in [1.29, 1.82) is 0 Å². The number of benzene rings is 2. The molecule has 0 N–H and O–H groups in total. The third-order valence-electron chi connectivity index (χ3n) is 6.38. The zero-order valence-corrected chi connectivity index (χ0v) is 18.8. The smallest absolute Gasteiger partial charge is 0.203 e. The standard InChI is InChI=1S/C24H29N5O3/c1-30-20-9-18(10-21(31-2)22(20)32-3)11-25-26-23(19-7-5-4-6-8-19)24-12-27-15-28(13-24)17-29(14-24)16-27/h4-11H,12-17H2,1-3H3/b25-11+,26-23-. The van der Waals surface area contributed by atoms with Gasteiger partial charge in [-0.25, -0.2) is 0 Å². The van der Waals surface area contributed by atoms with Gasteiger partial charge in [-0.3, -0.25) is 14.7 Å². The van der Waals surface area contributed by atoms with Gasteiger partial charge in [-0.05, 0) is 17.7 Å². The first-order chi connectivity index (χ1) is 15.6. The molecule has 4 heterocycles. The van der Waals surface area contributed by atoms with Gasteiger partial charge in [0.15, 0.2) is 11.5 Å². The average molecular weight is 436 g/mol. The van der Waals surface area contributed by atoms with Crippen LogP contribution in [0.15, 0.2) is 52.7 Å². The van der Waals surface area contributed by atoms with E-state index in [1.807, 2.05) is 18.2 Å². The molecule has 4 bridgehead atoms. The van der Waals surface area contributed by atoms with Crippen LogP contribution in [0.2, 0.25) is 0 Å². The van der Waals surface area contributed by atoms with Crippen LogP contribution in [0.3, 0.4) is 0 Å². The topological polar surface area (TPSA) is 62.1 Å². The monoisotopic (exact) mass is 435 g/mol. The zero-order valence-electron chi connectivity index (χ0n) is 18.8. The molecule has 0 spiro atoms. The predicted octanol–water partition coefficient (Wildman–Crippen LogP) is 2.34. The third kappa shape index (κ3) is 3.74. The summed E-state index contributed by atoms with van der Waals surface area (Å²) in [7, 11) is 4.81. The van der Waals surface area contributed by atoms with E-state index in [-0.39, 0.29) is 5.41 Å². The normalized spacial score (nSPS) is 28.8. The van der Waals surface area contributed by atoms with Crippen LogP contribution in [0.4, 0.5) is 0 Å². The van der Waals surface area contributed by atoms with E-state index in [4.69, 9.17) is 19.3 Å². The van der Waals surface area contributed by atoms with Crippen LogP contribution in [-0.2, 0) is 0 Å². The average Bonchev–Trinajstić information content (AvgIpc) is 2.80. The molecule has 8 heteroatoms. The first kappa shape index (κ1) is 20.9. The molecule has 0 aliphatic carbocycles. The highest BCUT2D eigenvalue weighted by Gasteiger charge is 2.51. The van der Waals surface area contributed by atoms with Gasteiger partial charge >= 0.3 is 0 Å². The van der Waals surface area contributed by atoms with Gasteiger partial charge in [0.2, 0.25) is 5.75 Å². The van der Waals surface area contributed by atoms with Gasteiger partial charge in [0.05, 0.1) is 58.7 Å². The van der Waals surface area contributed by atoms with E-state index in [1.165, 1.54) is 0 Å². The molecule has 2 aromatic rings. The van der Waals surface area contributed by atoms with E-state index >= 15 is 0 Å². The number of hydrogen-bond donors (Lipinski definition) is 0. The Bertz CT molecular complexity index is 977. The molecule has 0 saturated carbocycles. The molecule has 2 aromatic carbocycles. The fourth-order valence-corrected chi connectivity index (χ4v) is 5.34. The number of ether oxygens (including phenoxy) is 3. The molecule has 4 saturated heterocycles. The molecular weight excluding hydrogens is 406 g/mol. The van der Waals surface area contributed by atoms with Gasteiger partial charge in [-0.2, -0.15) is 10.2 Å². The zero-order chi connectivity index (χ0) is 22.1. The lowest BCUT2D eigenvalue weighted by Gasteiger charge is -2.60. The van der Waals surface area contributed by atoms with Gasteiger partial charge in [0.1, 0.15) is 0 Å². The summed E-state index contributed by atoms with van der Waals surface area (Å²) in [6.45, 7) is 6.13. The lowest BCUT2D eigenvalue weighted by Crippen LogP contribution is -2.74. The minimum atomic E-state index is -0.0528. The van der Waals surface area contributed by atoms with Crippen LogP contribution in [0.1, 0.15) is 11.1 Å². The van der Waals surface area contributed by atoms with Crippen molar-refractivity contribution in [2.24, 2.45) is 15.6 Å². The number of rotatable bonds is 7. The van der Waals surface area contributed by atoms with E-state index in [2.05, 4.69) is 44.1 Å². The first-order valence-corrected chi connectivity index (χ1v) is 10.8. The molecule has 0 amide bonds. The van der Waals surface area contributed by atoms with Crippen LogP contribution < -0.4 is 14.2 Å². The number of methoxy groups -OCH3 is 3. The van der Waals surface area contributed by atoms with Crippen LogP contribution >= 0.6 is 0 Å². The highest BCUT2D eigenvalue weighted by atomic mass is 16.5. The van der Waals surface area contributed by atoms with Gasteiger partial charge < -0.3 is 14.2 Å². The fraction of sp³-hybridized carbons (Fsp3) is 0.417. The van der Waals surface area contributed by atoms with E-state index in [0.717, 1.165) is 56.5 Å². The van der Waals surface area contributed by atoms with Crippen LogP contribution in [0.5, 0.6) is 17.2 Å². The van der Waals surface area contributed by atoms with Gasteiger partial charge in [-0.15, -0.1) is 0 Å². The van der Waals surface area contributed by atoms with Crippen LogP contribution in [0.25, 0.3) is 0 Å². The molecule has 6 rings (SSSR count). The van der Waals surface area contributed by atoms with Crippen molar-refractivity contribution < 1.29 is 14.2 Å². The van der Waals surface area contributed by atoms with Gasteiger partial charge in [-0.1, -0.05) is 30.3 Å². The summed E-state index contributed by atoms with van der Waals surface area (Å²) in [6, 6.07) is 14.2. The summed E-state index contributed by atoms with van der Waals surface area (Å²) >= 11 is 0. The number of nitrogens with zero attached hydrogens (tertiary/aromatic N) is 5. The third-order valence-corrected chi connectivity index (χ3v) is 6.38. The van der Waals surface area contributed by atoms with E-state index in [1.54, 1.807) is 27.5 Å². The molecule has 32 heavy (non-hydrogen) atoms. The first-order valence-electron chi connectivity index (χ1n) is 10.8. The Balaban J connectivity index is 1.51.